The van der Waals surface area contributed by atoms with E-state index in [2.05, 4.69) is 16.0 Å². The molecule has 0 radical (unpaired) electrons. The largest absolute Gasteiger partial charge is 0.481 e. The first kappa shape index (κ1) is 13.3. The van der Waals surface area contributed by atoms with Gasteiger partial charge in [0, 0.05) is 5.56 Å². The molecule has 5 nitrogen and oxygen atoms in total. The van der Waals surface area contributed by atoms with Gasteiger partial charge in [0.2, 0.25) is 0 Å². The second-order valence-electron chi connectivity index (χ2n) is 4.70. The van der Waals surface area contributed by atoms with E-state index >= 15 is 0 Å². The zero-order valence-electron chi connectivity index (χ0n) is 11.0. The molecular weight excluding hydrogens is 242 g/mol. The number of imidazole rings is 1. The van der Waals surface area contributed by atoms with Crippen LogP contribution in [0.4, 0.5) is 0 Å². The van der Waals surface area contributed by atoms with Crippen LogP contribution >= 0.6 is 0 Å². The number of benzene rings is 1. The molecule has 5 heteroatoms. The van der Waals surface area contributed by atoms with E-state index in [4.69, 9.17) is 10.8 Å². The number of aliphatic carboxylic acids is 1. The lowest BCUT2D eigenvalue weighted by molar-refractivity contribution is -0.137. The molecular formula is C14H17N3O2. The Morgan fingerprint density at radius 2 is 2.21 bits per heavy atom. The predicted molar refractivity (Wildman–Crippen MR) is 72.7 cm³/mol. The highest BCUT2D eigenvalue weighted by molar-refractivity contribution is 5.68. The minimum absolute atomic E-state index is 0.139. The molecule has 1 unspecified atom stereocenters. The van der Waals surface area contributed by atoms with Gasteiger partial charge in [0.05, 0.1) is 24.4 Å². The second kappa shape index (κ2) is 5.24. The number of nitrogens with zero attached hydrogens (tertiary/aromatic N) is 1. The van der Waals surface area contributed by atoms with Crippen LogP contribution in [0.5, 0.6) is 0 Å². The number of hydrogen-bond donors (Lipinski definition) is 3. The number of hydrogen-bond acceptors (Lipinski definition) is 3. The van der Waals surface area contributed by atoms with Gasteiger partial charge in [-0.2, -0.15) is 0 Å². The molecule has 2 rings (SSSR count). The smallest absolute Gasteiger partial charge is 0.305 e. The molecule has 0 aliphatic rings. The standard InChI is InChI=1S/C14H17N3O2/c1-8-3-4-9(2)10(5-8)12-7-16-14(17-12)11(15)6-13(18)19/h3-5,7,11H,6,15H2,1-2H3,(H,16,17)(H,18,19). The van der Waals surface area contributed by atoms with Crippen molar-refractivity contribution in [2.75, 3.05) is 0 Å². The van der Waals surface area contributed by atoms with Crippen molar-refractivity contribution in [2.24, 2.45) is 5.73 Å². The molecule has 1 heterocycles. The Hall–Kier alpha value is -2.14. The first-order valence-electron chi connectivity index (χ1n) is 6.07. The van der Waals surface area contributed by atoms with E-state index in [0.717, 1.165) is 22.4 Å². The SMILES string of the molecule is Cc1ccc(C)c(-c2cnc(C(N)CC(=O)O)[nH]2)c1. The maximum Gasteiger partial charge on any atom is 0.305 e. The summed E-state index contributed by atoms with van der Waals surface area (Å²) >= 11 is 0. The summed E-state index contributed by atoms with van der Waals surface area (Å²) in [5.41, 5.74) is 9.99. The third kappa shape index (κ3) is 3.00. The molecule has 0 amide bonds. The molecule has 0 spiro atoms. The summed E-state index contributed by atoms with van der Waals surface area (Å²) in [5, 5.41) is 8.73. The van der Waals surface area contributed by atoms with Crippen molar-refractivity contribution in [1.82, 2.24) is 9.97 Å². The van der Waals surface area contributed by atoms with Crippen molar-refractivity contribution >= 4 is 5.97 Å². The highest BCUT2D eigenvalue weighted by Crippen LogP contribution is 2.24. The van der Waals surface area contributed by atoms with E-state index in [1.54, 1.807) is 6.20 Å². The fraction of sp³-hybridized carbons (Fsp3) is 0.286. The van der Waals surface area contributed by atoms with E-state index in [9.17, 15) is 4.79 Å². The first-order valence-corrected chi connectivity index (χ1v) is 6.07. The van der Waals surface area contributed by atoms with Crippen LogP contribution < -0.4 is 5.73 Å². The van der Waals surface area contributed by atoms with Gasteiger partial charge in [-0.15, -0.1) is 0 Å². The number of nitrogens with one attached hydrogen (secondary N) is 1. The second-order valence-corrected chi connectivity index (χ2v) is 4.70. The molecule has 19 heavy (non-hydrogen) atoms. The molecule has 0 saturated heterocycles. The van der Waals surface area contributed by atoms with Crippen LogP contribution in [-0.4, -0.2) is 21.0 Å². The molecule has 0 aliphatic carbocycles. The Kier molecular flexibility index (Phi) is 3.66. The van der Waals surface area contributed by atoms with Gasteiger partial charge in [-0.25, -0.2) is 4.98 Å². The number of carboxylic acids is 1. The number of rotatable bonds is 4. The minimum Gasteiger partial charge on any atom is -0.481 e. The van der Waals surface area contributed by atoms with Gasteiger partial charge in [-0.1, -0.05) is 17.7 Å². The van der Waals surface area contributed by atoms with Gasteiger partial charge < -0.3 is 15.8 Å². The molecule has 0 bridgehead atoms. The highest BCUT2D eigenvalue weighted by atomic mass is 16.4. The Morgan fingerprint density at radius 1 is 1.47 bits per heavy atom. The quantitative estimate of drug-likeness (QED) is 0.784. The Balaban J connectivity index is 2.30. The van der Waals surface area contributed by atoms with Crippen LogP contribution in [0.3, 0.4) is 0 Å². The summed E-state index contributed by atoms with van der Waals surface area (Å²) in [4.78, 5) is 17.9. The molecule has 0 fully saturated rings. The maximum atomic E-state index is 10.6. The molecule has 2 aromatic rings. The lowest BCUT2D eigenvalue weighted by Gasteiger charge is -2.06. The molecule has 100 valence electrons. The summed E-state index contributed by atoms with van der Waals surface area (Å²) in [7, 11) is 0. The molecule has 1 aromatic heterocycles. The van der Waals surface area contributed by atoms with Crippen molar-refractivity contribution in [3.05, 3.63) is 41.3 Å². The van der Waals surface area contributed by atoms with Crippen molar-refractivity contribution in [1.29, 1.82) is 0 Å². The number of carbonyl (C=O) groups is 1. The number of H-pyrrole nitrogens is 1. The summed E-state index contributed by atoms with van der Waals surface area (Å²) in [6.45, 7) is 4.04. The monoisotopic (exact) mass is 259 g/mol. The van der Waals surface area contributed by atoms with Crippen LogP contribution in [0.25, 0.3) is 11.3 Å². The number of aromatic nitrogens is 2. The van der Waals surface area contributed by atoms with Crippen molar-refractivity contribution in [2.45, 2.75) is 26.3 Å². The average Bonchev–Trinajstić information content (AvgIpc) is 2.80. The lowest BCUT2D eigenvalue weighted by Crippen LogP contribution is -2.16. The summed E-state index contributed by atoms with van der Waals surface area (Å²) in [6.07, 6.45) is 1.55. The maximum absolute atomic E-state index is 10.6. The predicted octanol–water partition coefficient (Wildman–Crippen LogP) is 2.17. The van der Waals surface area contributed by atoms with Crippen LogP contribution in [0.2, 0.25) is 0 Å². The van der Waals surface area contributed by atoms with Gasteiger partial charge in [-0.05, 0) is 25.5 Å². The lowest BCUT2D eigenvalue weighted by atomic mass is 10.0. The first-order chi connectivity index (χ1) is 8.97. The molecule has 0 saturated carbocycles. The number of carboxylic acid groups (broad SMARTS) is 1. The Morgan fingerprint density at radius 3 is 2.89 bits per heavy atom. The van der Waals surface area contributed by atoms with Crippen molar-refractivity contribution in [3.63, 3.8) is 0 Å². The van der Waals surface area contributed by atoms with Crippen molar-refractivity contribution in [3.8, 4) is 11.3 Å². The van der Waals surface area contributed by atoms with E-state index in [0.29, 0.717) is 5.82 Å². The number of nitrogens with two attached hydrogens (primary N) is 1. The zero-order chi connectivity index (χ0) is 14.0. The van der Waals surface area contributed by atoms with E-state index < -0.39 is 12.0 Å². The van der Waals surface area contributed by atoms with Crippen LogP contribution in [0, 0.1) is 13.8 Å². The van der Waals surface area contributed by atoms with Gasteiger partial charge in [-0.3, -0.25) is 4.79 Å². The molecule has 1 aromatic carbocycles. The normalized spacial score (nSPS) is 12.4. The summed E-state index contributed by atoms with van der Waals surface area (Å²) in [5.74, 6) is -0.435. The van der Waals surface area contributed by atoms with E-state index in [1.165, 1.54) is 0 Å². The topological polar surface area (TPSA) is 92.0 Å². The number of aryl methyl sites for hydroxylation is 2. The highest BCUT2D eigenvalue weighted by Gasteiger charge is 2.15. The number of aromatic amines is 1. The average molecular weight is 259 g/mol. The third-order valence-electron chi connectivity index (χ3n) is 3.02. The van der Waals surface area contributed by atoms with Gasteiger partial charge in [0.25, 0.3) is 0 Å². The van der Waals surface area contributed by atoms with Gasteiger partial charge in [0.1, 0.15) is 5.82 Å². The summed E-state index contributed by atoms with van der Waals surface area (Å²) in [6, 6.07) is 5.54. The Bertz CT molecular complexity index is 604. The molecule has 0 aliphatic heterocycles. The van der Waals surface area contributed by atoms with E-state index in [1.807, 2.05) is 26.0 Å². The Labute approximate surface area is 111 Å². The van der Waals surface area contributed by atoms with Gasteiger partial charge >= 0.3 is 5.97 Å². The fourth-order valence-electron chi connectivity index (χ4n) is 1.97. The van der Waals surface area contributed by atoms with Crippen LogP contribution in [0.15, 0.2) is 24.4 Å². The van der Waals surface area contributed by atoms with Crippen molar-refractivity contribution < 1.29 is 9.90 Å². The molecule has 1 atom stereocenters. The van der Waals surface area contributed by atoms with Gasteiger partial charge in [0.15, 0.2) is 0 Å². The van der Waals surface area contributed by atoms with Crippen LogP contribution in [0.1, 0.15) is 29.4 Å². The summed E-state index contributed by atoms with van der Waals surface area (Å²) < 4.78 is 0. The minimum atomic E-state index is -0.933. The third-order valence-corrected chi connectivity index (χ3v) is 3.02. The molecule has 4 N–H and O–H groups in total. The zero-order valence-corrected chi connectivity index (χ0v) is 11.0. The fourth-order valence-corrected chi connectivity index (χ4v) is 1.97. The van der Waals surface area contributed by atoms with Crippen LogP contribution in [-0.2, 0) is 4.79 Å². The van der Waals surface area contributed by atoms with E-state index in [-0.39, 0.29) is 6.42 Å².